The fourth-order valence-corrected chi connectivity index (χ4v) is 1.88. The molecule has 1 aromatic rings. The number of cyclic esters (lactones) is 1. The molecule has 0 radical (unpaired) electrons. The third-order valence-corrected chi connectivity index (χ3v) is 2.71. The lowest BCUT2D eigenvalue weighted by molar-refractivity contribution is -0.143. The smallest absolute Gasteiger partial charge is 0.334 e. The molecular formula is C13H13ClO2. The number of esters is 1. The molecule has 0 aliphatic carbocycles. The van der Waals surface area contributed by atoms with E-state index in [1.807, 2.05) is 32.1 Å². The van der Waals surface area contributed by atoms with Crippen molar-refractivity contribution in [3.63, 3.8) is 0 Å². The molecule has 16 heavy (non-hydrogen) atoms. The Morgan fingerprint density at radius 2 is 1.94 bits per heavy atom. The van der Waals surface area contributed by atoms with Crippen molar-refractivity contribution in [2.45, 2.75) is 25.9 Å². The molecule has 0 atom stereocenters. The van der Waals surface area contributed by atoms with E-state index in [0.717, 1.165) is 5.56 Å². The van der Waals surface area contributed by atoms with Crippen LogP contribution in [0.2, 0.25) is 5.02 Å². The van der Waals surface area contributed by atoms with E-state index in [9.17, 15) is 4.79 Å². The van der Waals surface area contributed by atoms with Crippen LogP contribution >= 0.6 is 11.6 Å². The summed E-state index contributed by atoms with van der Waals surface area (Å²) < 4.78 is 5.22. The minimum absolute atomic E-state index is 0.222. The average molecular weight is 237 g/mol. The van der Waals surface area contributed by atoms with Crippen LogP contribution < -0.4 is 0 Å². The van der Waals surface area contributed by atoms with E-state index in [-0.39, 0.29) is 11.6 Å². The number of carbonyl (C=O) groups is 1. The van der Waals surface area contributed by atoms with Gasteiger partial charge in [0.25, 0.3) is 0 Å². The highest BCUT2D eigenvalue weighted by Crippen LogP contribution is 2.31. The van der Waals surface area contributed by atoms with Crippen molar-refractivity contribution >= 4 is 23.6 Å². The average Bonchev–Trinajstić information content (AvgIpc) is 2.44. The highest BCUT2D eigenvalue weighted by Gasteiger charge is 2.35. The highest BCUT2D eigenvalue weighted by molar-refractivity contribution is 6.30. The van der Waals surface area contributed by atoms with Crippen molar-refractivity contribution in [2.75, 3.05) is 0 Å². The fraction of sp³-hybridized carbons (Fsp3) is 0.308. The van der Waals surface area contributed by atoms with Gasteiger partial charge >= 0.3 is 5.97 Å². The van der Waals surface area contributed by atoms with Crippen LogP contribution in [-0.4, -0.2) is 11.6 Å². The molecule has 1 saturated heterocycles. The third-order valence-electron chi connectivity index (χ3n) is 2.46. The van der Waals surface area contributed by atoms with Crippen molar-refractivity contribution in [3.8, 4) is 0 Å². The number of benzene rings is 1. The molecule has 2 rings (SSSR count). The van der Waals surface area contributed by atoms with Crippen molar-refractivity contribution in [1.29, 1.82) is 0 Å². The van der Waals surface area contributed by atoms with Crippen molar-refractivity contribution < 1.29 is 9.53 Å². The molecule has 0 unspecified atom stereocenters. The number of hydrogen-bond acceptors (Lipinski definition) is 2. The molecule has 1 fully saturated rings. The number of ether oxygens (including phenoxy) is 1. The first-order valence-corrected chi connectivity index (χ1v) is 5.54. The van der Waals surface area contributed by atoms with Crippen molar-refractivity contribution in [1.82, 2.24) is 0 Å². The van der Waals surface area contributed by atoms with E-state index < -0.39 is 0 Å². The van der Waals surface area contributed by atoms with Crippen LogP contribution in [0.25, 0.3) is 6.08 Å². The van der Waals surface area contributed by atoms with Gasteiger partial charge in [-0.15, -0.1) is 0 Å². The first-order chi connectivity index (χ1) is 7.46. The highest BCUT2D eigenvalue weighted by atomic mass is 35.5. The van der Waals surface area contributed by atoms with Gasteiger partial charge in [-0.05, 0) is 37.6 Å². The largest absolute Gasteiger partial charge is 0.456 e. The van der Waals surface area contributed by atoms with Gasteiger partial charge in [-0.25, -0.2) is 4.79 Å². The zero-order chi connectivity index (χ0) is 11.8. The Morgan fingerprint density at radius 3 is 2.44 bits per heavy atom. The van der Waals surface area contributed by atoms with E-state index >= 15 is 0 Å². The van der Waals surface area contributed by atoms with Crippen LogP contribution in [0.15, 0.2) is 29.8 Å². The van der Waals surface area contributed by atoms with Gasteiger partial charge in [-0.1, -0.05) is 23.7 Å². The third kappa shape index (κ3) is 2.45. The molecular weight excluding hydrogens is 224 g/mol. The van der Waals surface area contributed by atoms with Crippen LogP contribution in [0.3, 0.4) is 0 Å². The molecule has 1 aliphatic rings. The monoisotopic (exact) mass is 236 g/mol. The number of carbonyl (C=O) groups excluding carboxylic acids is 1. The minimum atomic E-state index is -0.380. The van der Waals surface area contributed by atoms with Gasteiger partial charge in [-0.3, -0.25) is 0 Å². The molecule has 0 N–H and O–H groups in total. The predicted octanol–water partition coefficient (Wildman–Crippen LogP) is 3.45. The topological polar surface area (TPSA) is 26.3 Å². The Balaban J connectivity index is 2.25. The Bertz CT molecular complexity index is 444. The molecule has 1 aliphatic heterocycles. The standard InChI is InChI=1S/C13H13ClO2/c1-13(2)8-10(12(15)16-13)7-9-3-5-11(14)6-4-9/h3-7H,8H2,1-2H3/b10-7+. The van der Waals surface area contributed by atoms with Crippen molar-refractivity contribution in [3.05, 3.63) is 40.4 Å². The van der Waals surface area contributed by atoms with E-state index in [1.165, 1.54) is 0 Å². The zero-order valence-corrected chi connectivity index (χ0v) is 10.0. The summed E-state index contributed by atoms with van der Waals surface area (Å²) in [6.45, 7) is 3.82. The van der Waals surface area contributed by atoms with E-state index in [4.69, 9.17) is 16.3 Å². The lowest BCUT2D eigenvalue weighted by Gasteiger charge is -2.13. The lowest BCUT2D eigenvalue weighted by atomic mass is 10.0. The van der Waals surface area contributed by atoms with Crippen LogP contribution in [-0.2, 0) is 9.53 Å². The molecule has 0 aromatic heterocycles. The van der Waals surface area contributed by atoms with Crippen LogP contribution in [0.5, 0.6) is 0 Å². The zero-order valence-electron chi connectivity index (χ0n) is 9.29. The second-order valence-electron chi connectivity index (χ2n) is 4.55. The summed E-state index contributed by atoms with van der Waals surface area (Å²) >= 11 is 5.79. The van der Waals surface area contributed by atoms with Crippen LogP contribution in [0, 0.1) is 0 Å². The van der Waals surface area contributed by atoms with E-state index in [2.05, 4.69) is 0 Å². The second-order valence-corrected chi connectivity index (χ2v) is 4.98. The summed E-state index contributed by atoms with van der Waals surface area (Å²) in [4.78, 5) is 11.5. The molecule has 0 saturated carbocycles. The minimum Gasteiger partial charge on any atom is -0.456 e. The molecule has 1 heterocycles. The van der Waals surface area contributed by atoms with Gasteiger partial charge in [0, 0.05) is 17.0 Å². The molecule has 1 aromatic carbocycles. The summed E-state index contributed by atoms with van der Waals surface area (Å²) in [7, 11) is 0. The first-order valence-electron chi connectivity index (χ1n) is 5.16. The maximum Gasteiger partial charge on any atom is 0.334 e. The van der Waals surface area contributed by atoms with Crippen molar-refractivity contribution in [2.24, 2.45) is 0 Å². The molecule has 3 heteroatoms. The van der Waals surface area contributed by atoms with Gasteiger partial charge < -0.3 is 4.74 Å². The Kier molecular flexibility index (Phi) is 2.76. The maximum absolute atomic E-state index is 11.5. The quantitative estimate of drug-likeness (QED) is 0.552. The first kappa shape index (κ1) is 11.2. The molecule has 0 spiro atoms. The lowest BCUT2D eigenvalue weighted by Crippen LogP contribution is -2.17. The second kappa shape index (κ2) is 3.95. The fourth-order valence-electron chi connectivity index (χ4n) is 1.75. The SMILES string of the molecule is CC1(C)C/C(=C\c2ccc(Cl)cc2)C(=O)O1. The molecule has 84 valence electrons. The Hall–Kier alpha value is -1.28. The van der Waals surface area contributed by atoms with Gasteiger partial charge in [0.2, 0.25) is 0 Å². The summed E-state index contributed by atoms with van der Waals surface area (Å²) in [5.74, 6) is -0.222. The predicted molar refractivity (Wildman–Crippen MR) is 64.2 cm³/mol. The summed E-state index contributed by atoms with van der Waals surface area (Å²) in [6.07, 6.45) is 2.50. The summed E-state index contributed by atoms with van der Waals surface area (Å²) in [5, 5.41) is 0.691. The van der Waals surface area contributed by atoms with Gasteiger partial charge in [0.15, 0.2) is 0 Å². The summed E-state index contributed by atoms with van der Waals surface area (Å²) in [5.41, 5.74) is 1.30. The Labute approximate surface area is 99.9 Å². The van der Waals surface area contributed by atoms with Gasteiger partial charge in [0.1, 0.15) is 5.60 Å². The molecule has 0 bridgehead atoms. The van der Waals surface area contributed by atoms with Crippen LogP contribution in [0.4, 0.5) is 0 Å². The number of rotatable bonds is 1. The molecule has 0 amide bonds. The Morgan fingerprint density at radius 1 is 1.31 bits per heavy atom. The number of hydrogen-bond donors (Lipinski definition) is 0. The van der Waals surface area contributed by atoms with E-state index in [1.54, 1.807) is 12.1 Å². The summed E-state index contributed by atoms with van der Waals surface area (Å²) in [6, 6.07) is 7.38. The van der Waals surface area contributed by atoms with E-state index in [0.29, 0.717) is 17.0 Å². The van der Waals surface area contributed by atoms with Gasteiger partial charge in [0.05, 0.1) is 0 Å². The maximum atomic E-state index is 11.5. The molecule has 2 nitrogen and oxygen atoms in total. The number of halogens is 1. The van der Waals surface area contributed by atoms with Gasteiger partial charge in [-0.2, -0.15) is 0 Å². The normalized spacial score (nSPS) is 21.2. The van der Waals surface area contributed by atoms with Crippen LogP contribution in [0.1, 0.15) is 25.8 Å².